The minimum Gasteiger partial charge on any atom is -0.497 e. The number of aromatic nitrogens is 2. The van der Waals surface area contributed by atoms with Crippen molar-refractivity contribution >= 4 is 33.3 Å². The number of nitrogens with zero attached hydrogens (tertiary/aromatic N) is 2. The number of hydrogen-bond acceptors (Lipinski definition) is 6. The average Bonchev–Trinajstić information content (AvgIpc) is 3.06. The summed E-state index contributed by atoms with van der Waals surface area (Å²) in [5, 5.41) is 1.50. The standard InChI is InChI=1S/C20H23N3O3S2/c1-22-9-8-15-16(12-22)28-18-17(15)19(24)23(20(21-18)27-11-10-25-2)13-4-6-14(26-3)7-5-13/h4-7H,8-12H2,1-3H3/p+1. The van der Waals surface area contributed by atoms with Crippen LogP contribution in [-0.4, -0.2) is 49.7 Å². The summed E-state index contributed by atoms with van der Waals surface area (Å²) < 4.78 is 12.2. The van der Waals surface area contributed by atoms with E-state index >= 15 is 0 Å². The second-order valence-electron chi connectivity index (χ2n) is 6.89. The van der Waals surface area contributed by atoms with Gasteiger partial charge in [-0.05, 0) is 29.8 Å². The fourth-order valence-corrected chi connectivity index (χ4v) is 5.80. The first kappa shape index (κ1) is 19.4. The summed E-state index contributed by atoms with van der Waals surface area (Å²) in [4.78, 5) is 22.1. The monoisotopic (exact) mass is 418 g/mol. The molecule has 1 aromatic carbocycles. The zero-order valence-electron chi connectivity index (χ0n) is 16.3. The molecule has 0 bridgehead atoms. The van der Waals surface area contributed by atoms with Gasteiger partial charge in [-0.25, -0.2) is 4.98 Å². The van der Waals surface area contributed by atoms with Gasteiger partial charge in [0, 0.05) is 19.3 Å². The van der Waals surface area contributed by atoms with Gasteiger partial charge in [0.15, 0.2) is 5.16 Å². The Labute approximate surface area is 172 Å². The third-order valence-electron chi connectivity index (χ3n) is 4.99. The molecule has 0 saturated heterocycles. The molecular weight excluding hydrogens is 394 g/mol. The molecule has 3 heterocycles. The maximum Gasteiger partial charge on any atom is 0.267 e. The summed E-state index contributed by atoms with van der Waals surface area (Å²) >= 11 is 3.22. The van der Waals surface area contributed by atoms with Gasteiger partial charge in [-0.2, -0.15) is 0 Å². The van der Waals surface area contributed by atoms with Crippen LogP contribution in [0.2, 0.25) is 0 Å². The lowest BCUT2D eigenvalue weighted by Gasteiger charge is -2.19. The number of quaternary nitrogens is 1. The van der Waals surface area contributed by atoms with E-state index in [1.807, 2.05) is 24.3 Å². The normalized spacial score (nSPS) is 16.3. The van der Waals surface area contributed by atoms with Crippen molar-refractivity contribution in [1.29, 1.82) is 0 Å². The lowest BCUT2D eigenvalue weighted by molar-refractivity contribution is -0.895. The number of methoxy groups -OCH3 is 2. The van der Waals surface area contributed by atoms with E-state index in [9.17, 15) is 4.79 Å². The second-order valence-corrected chi connectivity index (χ2v) is 9.04. The van der Waals surface area contributed by atoms with Crippen LogP contribution in [0.15, 0.2) is 34.2 Å². The van der Waals surface area contributed by atoms with Gasteiger partial charge >= 0.3 is 0 Å². The summed E-state index contributed by atoms with van der Waals surface area (Å²) in [5.41, 5.74) is 2.02. The molecular formula is C20H24N3O3S2+. The van der Waals surface area contributed by atoms with Crippen molar-refractivity contribution in [2.24, 2.45) is 0 Å². The molecule has 1 N–H and O–H groups in total. The van der Waals surface area contributed by atoms with Crippen LogP contribution in [0.5, 0.6) is 5.75 Å². The van der Waals surface area contributed by atoms with E-state index in [1.165, 1.54) is 15.3 Å². The molecule has 8 heteroatoms. The summed E-state index contributed by atoms with van der Waals surface area (Å²) in [6.07, 6.45) is 0.927. The largest absolute Gasteiger partial charge is 0.497 e. The number of benzene rings is 1. The van der Waals surface area contributed by atoms with E-state index in [4.69, 9.17) is 14.5 Å². The van der Waals surface area contributed by atoms with Crippen molar-refractivity contribution in [1.82, 2.24) is 9.55 Å². The quantitative estimate of drug-likeness (QED) is 0.376. The molecule has 0 saturated carbocycles. The van der Waals surface area contributed by atoms with Gasteiger partial charge in [0.2, 0.25) is 0 Å². The molecule has 0 amide bonds. The van der Waals surface area contributed by atoms with Gasteiger partial charge in [0.1, 0.15) is 17.1 Å². The van der Waals surface area contributed by atoms with Gasteiger partial charge in [0.05, 0.1) is 43.3 Å². The molecule has 2 aromatic heterocycles. The number of thiophene rings is 1. The molecule has 0 radical (unpaired) electrons. The molecule has 0 spiro atoms. The van der Waals surface area contributed by atoms with Crippen molar-refractivity contribution in [2.45, 2.75) is 18.1 Å². The van der Waals surface area contributed by atoms with Crippen molar-refractivity contribution in [2.75, 3.05) is 40.2 Å². The highest BCUT2D eigenvalue weighted by Crippen LogP contribution is 2.31. The number of ether oxygens (including phenoxy) is 2. The third kappa shape index (κ3) is 3.57. The number of rotatable bonds is 6. The Kier molecular flexibility index (Phi) is 5.73. The van der Waals surface area contributed by atoms with E-state index in [0.717, 1.165) is 46.9 Å². The van der Waals surface area contributed by atoms with Gasteiger partial charge < -0.3 is 14.4 Å². The maximum atomic E-state index is 13.6. The number of hydrogen-bond donors (Lipinski definition) is 1. The third-order valence-corrected chi connectivity index (χ3v) is 7.02. The molecule has 4 rings (SSSR count). The van der Waals surface area contributed by atoms with Gasteiger partial charge in [-0.15, -0.1) is 11.3 Å². The Morgan fingerprint density at radius 1 is 1.29 bits per heavy atom. The maximum absolute atomic E-state index is 13.6. The van der Waals surface area contributed by atoms with Crippen LogP contribution in [0.4, 0.5) is 0 Å². The molecule has 1 atom stereocenters. The zero-order valence-corrected chi connectivity index (χ0v) is 17.9. The smallest absolute Gasteiger partial charge is 0.267 e. The predicted molar refractivity (Wildman–Crippen MR) is 114 cm³/mol. The number of likely N-dealkylation sites (N-methyl/N-ethyl adjacent to an activating group) is 1. The molecule has 1 unspecified atom stereocenters. The van der Waals surface area contributed by atoms with Gasteiger partial charge in [0.25, 0.3) is 5.56 Å². The minimum absolute atomic E-state index is 0.0205. The zero-order chi connectivity index (χ0) is 19.7. The van der Waals surface area contributed by atoms with E-state index in [2.05, 4.69) is 7.05 Å². The Hall–Kier alpha value is -1.87. The van der Waals surface area contributed by atoms with Crippen LogP contribution in [0.25, 0.3) is 15.9 Å². The highest BCUT2D eigenvalue weighted by molar-refractivity contribution is 7.99. The highest BCUT2D eigenvalue weighted by atomic mass is 32.2. The molecule has 1 aliphatic heterocycles. The average molecular weight is 419 g/mol. The summed E-state index contributed by atoms with van der Waals surface area (Å²) in [5.74, 6) is 1.50. The first-order valence-corrected chi connectivity index (χ1v) is 11.1. The molecule has 1 aliphatic rings. The Bertz CT molecular complexity index is 1040. The number of thioether (sulfide) groups is 1. The molecule has 28 heavy (non-hydrogen) atoms. The Morgan fingerprint density at radius 2 is 2.07 bits per heavy atom. The van der Waals surface area contributed by atoms with Gasteiger partial charge in [-0.1, -0.05) is 11.8 Å². The van der Waals surface area contributed by atoms with Gasteiger partial charge in [-0.3, -0.25) is 9.36 Å². The fraction of sp³-hybridized carbons (Fsp3) is 0.400. The van der Waals surface area contributed by atoms with E-state index in [-0.39, 0.29) is 5.56 Å². The first-order chi connectivity index (χ1) is 13.6. The highest BCUT2D eigenvalue weighted by Gasteiger charge is 2.26. The van der Waals surface area contributed by atoms with Crippen molar-refractivity contribution in [3.63, 3.8) is 0 Å². The predicted octanol–water partition coefficient (Wildman–Crippen LogP) is 1.77. The van der Waals surface area contributed by atoms with E-state index < -0.39 is 0 Å². The lowest BCUT2D eigenvalue weighted by Crippen LogP contribution is -3.08. The van der Waals surface area contributed by atoms with Crippen LogP contribution in [-0.2, 0) is 17.7 Å². The minimum atomic E-state index is 0.0205. The Morgan fingerprint density at radius 3 is 2.79 bits per heavy atom. The topological polar surface area (TPSA) is 57.8 Å². The van der Waals surface area contributed by atoms with Crippen LogP contribution in [0.3, 0.4) is 0 Å². The van der Waals surface area contributed by atoms with Crippen LogP contribution in [0, 0.1) is 0 Å². The summed E-state index contributed by atoms with van der Waals surface area (Å²) in [6, 6.07) is 7.56. The van der Waals surface area contributed by atoms with Crippen molar-refractivity contribution < 1.29 is 14.4 Å². The lowest BCUT2D eigenvalue weighted by atomic mass is 10.1. The first-order valence-electron chi connectivity index (χ1n) is 9.27. The van der Waals surface area contributed by atoms with E-state index in [1.54, 1.807) is 41.9 Å². The SMILES string of the molecule is COCCSc1nc2sc3c(c2c(=O)n1-c1ccc(OC)cc1)CC[NH+](C)C3. The molecule has 3 aromatic rings. The molecule has 148 valence electrons. The van der Waals surface area contributed by atoms with Crippen LogP contribution < -0.4 is 15.2 Å². The second kappa shape index (κ2) is 8.24. The van der Waals surface area contributed by atoms with Crippen molar-refractivity contribution in [3.8, 4) is 11.4 Å². The van der Waals surface area contributed by atoms with Crippen LogP contribution in [0.1, 0.15) is 10.4 Å². The number of fused-ring (bicyclic) bond motifs is 3. The summed E-state index contributed by atoms with van der Waals surface area (Å²) in [7, 11) is 5.51. The van der Waals surface area contributed by atoms with E-state index in [0.29, 0.717) is 11.8 Å². The van der Waals surface area contributed by atoms with Crippen molar-refractivity contribution in [3.05, 3.63) is 45.1 Å². The molecule has 0 aliphatic carbocycles. The summed E-state index contributed by atoms with van der Waals surface area (Å²) in [6.45, 7) is 2.62. The number of nitrogens with one attached hydrogen (secondary N) is 1. The molecule has 0 fully saturated rings. The fourth-order valence-electron chi connectivity index (χ4n) is 3.51. The Balaban J connectivity index is 1.89. The van der Waals surface area contributed by atoms with Crippen LogP contribution >= 0.6 is 23.1 Å². The molecule has 6 nitrogen and oxygen atoms in total.